The molecule has 7 nitrogen and oxygen atoms in total. The van der Waals surface area contributed by atoms with Gasteiger partial charge in [-0.05, 0) is 50.4 Å². The smallest absolute Gasteiger partial charge is 0.241 e. The van der Waals surface area contributed by atoms with Gasteiger partial charge in [-0.25, -0.2) is 0 Å². The van der Waals surface area contributed by atoms with E-state index in [4.69, 9.17) is 0 Å². The van der Waals surface area contributed by atoms with Gasteiger partial charge >= 0.3 is 0 Å². The topological polar surface area (TPSA) is 81.8 Å². The van der Waals surface area contributed by atoms with Gasteiger partial charge < -0.3 is 15.5 Å². The van der Waals surface area contributed by atoms with Crippen molar-refractivity contribution in [1.29, 1.82) is 0 Å². The Morgan fingerprint density at radius 2 is 1.86 bits per heavy atom. The molecule has 29 heavy (non-hydrogen) atoms. The number of hydrogen-bond acceptors (Lipinski definition) is 4. The van der Waals surface area contributed by atoms with E-state index in [1.165, 1.54) is 0 Å². The molecule has 1 atom stereocenters. The van der Waals surface area contributed by atoms with Crippen LogP contribution in [0.3, 0.4) is 0 Å². The van der Waals surface area contributed by atoms with Crippen LogP contribution in [0, 0.1) is 0 Å². The van der Waals surface area contributed by atoms with Gasteiger partial charge in [0.1, 0.15) is 0 Å². The van der Waals surface area contributed by atoms with E-state index in [1.54, 1.807) is 35.0 Å². The summed E-state index contributed by atoms with van der Waals surface area (Å²) in [7, 11) is 1.72. The molecule has 3 rings (SSSR count). The van der Waals surface area contributed by atoms with Crippen molar-refractivity contribution in [3.05, 3.63) is 53.0 Å². The molecule has 0 radical (unpaired) electrons. The molecular formula is C21H23BrN4O3. The number of para-hydroxylation sites is 2. The molecular weight excluding hydrogens is 436 g/mol. The van der Waals surface area contributed by atoms with E-state index in [0.29, 0.717) is 17.1 Å². The van der Waals surface area contributed by atoms with Gasteiger partial charge in [-0.1, -0.05) is 28.1 Å². The predicted molar refractivity (Wildman–Crippen MR) is 117 cm³/mol. The SMILES string of the molecule is C[C@H]1CC(=O)Nc2ccccc2N1C(=O)CN(C)CC(=O)Nc1ccc(Br)cc1. The molecule has 1 heterocycles. The van der Waals surface area contributed by atoms with E-state index in [-0.39, 0.29) is 43.3 Å². The van der Waals surface area contributed by atoms with Crippen LogP contribution in [0.4, 0.5) is 17.1 Å². The summed E-state index contributed by atoms with van der Waals surface area (Å²) in [6, 6.07) is 14.2. The fourth-order valence-corrected chi connectivity index (χ4v) is 3.57. The Morgan fingerprint density at radius 1 is 1.17 bits per heavy atom. The third-order valence-electron chi connectivity index (χ3n) is 4.57. The Hall–Kier alpha value is -2.71. The molecule has 1 aliphatic heterocycles. The summed E-state index contributed by atoms with van der Waals surface area (Å²) in [6.07, 6.45) is 0.216. The van der Waals surface area contributed by atoms with Crippen LogP contribution in [0.25, 0.3) is 0 Å². The lowest BCUT2D eigenvalue weighted by molar-refractivity contribution is -0.121. The van der Waals surface area contributed by atoms with Gasteiger partial charge in [0.15, 0.2) is 0 Å². The summed E-state index contributed by atoms with van der Waals surface area (Å²) >= 11 is 3.35. The van der Waals surface area contributed by atoms with Crippen LogP contribution in [0.15, 0.2) is 53.0 Å². The molecule has 0 spiro atoms. The summed E-state index contributed by atoms with van der Waals surface area (Å²) in [6.45, 7) is 1.98. The highest BCUT2D eigenvalue weighted by molar-refractivity contribution is 9.10. The van der Waals surface area contributed by atoms with Crippen molar-refractivity contribution in [2.45, 2.75) is 19.4 Å². The van der Waals surface area contributed by atoms with E-state index < -0.39 is 0 Å². The van der Waals surface area contributed by atoms with Crippen molar-refractivity contribution in [2.24, 2.45) is 0 Å². The molecule has 0 aliphatic carbocycles. The predicted octanol–water partition coefficient (Wildman–Crippen LogP) is 3.08. The van der Waals surface area contributed by atoms with Crippen LogP contribution in [-0.2, 0) is 14.4 Å². The Bertz CT molecular complexity index is 916. The lowest BCUT2D eigenvalue weighted by Gasteiger charge is -2.29. The first-order valence-electron chi connectivity index (χ1n) is 9.28. The molecule has 2 aromatic rings. The fraction of sp³-hybridized carbons (Fsp3) is 0.286. The normalized spacial score (nSPS) is 16.1. The minimum absolute atomic E-state index is 0.0562. The molecule has 0 aromatic heterocycles. The second kappa shape index (κ2) is 9.19. The number of carbonyl (C=O) groups excluding carboxylic acids is 3. The van der Waals surface area contributed by atoms with Gasteiger partial charge in [-0.3, -0.25) is 19.3 Å². The van der Waals surface area contributed by atoms with Gasteiger partial charge in [0.25, 0.3) is 0 Å². The molecule has 0 saturated carbocycles. The van der Waals surface area contributed by atoms with Crippen molar-refractivity contribution >= 4 is 50.7 Å². The number of hydrogen-bond donors (Lipinski definition) is 2. The summed E-state index contributed by atoms with van der Waals surface area (Å²) < 4.78 is 0.929. The first kappa shape index (κ1) is 21.0. The molecule has 152 valence electrons. The third kappa shape index (κ3) is 5.42. The largest absolute Gasteiger partial charge is 0.325 e. The maximum absolute atomic E-state index is 13.0. The van der Waals surface area contributed by atoms with Crippen LogP contribution in [-0.4, -0.2) is 48.8 Å². The van der Waals surface area contributed by atoms with Crippen LogP contribution in [0.2, 0.25) is 0 Å². The number of benzene rings is 2. The van der Waals surface area contributed by atoms with Crippen molar-refractivity contribution < 1.29 is 14.4 Å². The van der Waals surface area contributed by atoms with E-state index in [2.05, 4.69) is 26.6 Å². The number of fused-ring (bicyclic) bond motifs is 1. The molecule has 3 amide bonds. The monoisotopic (exact) mass is 458 g/mol. The van der Waals surface area contributed by atoms with E-state index >= 15 is 0 Å². The maximum atomic E-state index is 13.0. The highest BCUT2D eigenvalue weighted by Crippen LogP contribution is 2.31. The summed E-state index contributed by atoms with van der Waals surface area (Å²) in [5.41, 5.74) is 1.98. The molecule has 0 bridgehead atoms. The fourth-order valence-electron chi connectivity index (χ4n) is 3.31. The Labute approximate surface area is 178 Å². The molecule has 0 saturated heterocycles. The second-order valence-corrected chi connectivity index (χ2v) is 8.03. The molecule has 2 N–H and O–H groups in total. The number of rotatable bonds is 5. The van der Waals surface area contributed by atoms with Crippen molar-refractivity contribution in [2.75, 3.05) is 35.7 Å². The molecule has 0 unspecified atom stereocenters. The zero-order chi connectivity index (χ0) is 21.0. The zero-order valence-corrected chi connectivity index (χ0v) is 17.9. The minimum atomic E-state index is -0.281. The summed E-state index contributed by atoms with van der Waals surface area (Å²) in [5, 5.41) is 5.65. The van der Waals surface area contributed by atoms with Crippen LogP contribution < -0.4 is 15.5 Å². The average molecular weight is 459 g/mol. The van der Waals surface area contributed by atoms with Crippen molar-refractivity contribution in [1.82, 2.24) is 4.90 Å². The third-order valence-corrected chi connectivity index (χ3v) is 5.10. The van der Waals surface area contributed by atoms with Crippen molar-refractivity contribution in [3.63, 3.8) is 0 Å². The van der Waals surface area contributed by atoms with Gasteiger partial charge in [-0.2, -0.15) is 0 Å². The molecule has 0 fully saturated rings. The summed E-state index contributed by atoms with van der Waals surface area (Å²) in [4.78, 5) is 40.7. The van der Waals surface area contributed by atoms with Gasteiger partial charge in [0, 0.05) is 22.6 Å². The average Bonchev–Trinajstić information content (AvgIpc) is 2.77. The molecule has 2 aromatic carbocycles. The van der Waals surface area contributed by atoms with Crippen LogP contribution in [0.1, 0.15) is 13.3 Å². The Balaban J connectivity index is 1.64. The number of nitrogens with one attached hydrogen (secondary N) is 2. The highest BCUT2D eigenvalue weighted by Gasteiger charge is 2.30. The van der Waals surface area contributed by atoms with Crippen LogP contribution in [0.5, 0.6) is 0 Å². The quantitative estimate of drug-likeness (QED) is 0.720. The number of amides is 3. The minimum Gasteiger partial charge on any atom is -0.325 e. The number of halogens is 1. The first-order chi connectivity index (χ1) is 13.8. The number of anilines is 3. The summed E-state index contributed by atoms with van der Waals surface area (Å²) in [5.74, 6) is -0.494. The lowest BCUT2D eigenvalue weighted by atomic mass is 10.1. The van der Waals surface area contributed by atoms with Crippen LogP contribution >= 0.6 is 15.9 Å². The number of nitrogens with zero attached hydrogens (tertiary/aromatic N) is 2. The van der Waals surface area contributed by atoms with E-state index in [9.17, 15) is 14.4 Å². The standard InChI is InChI=1S/C21H23BrN4O3/c1-14-11-19(27)24-17-5-3-4-6-18(17)26(14)21(29)13-25(2)12-20(28)23-16-9-7-15(22)8-10-16/h3-10,14H,11-13H2,1-2H3,(H,23,28)(H,24,27)/t14-/m0/s1. The molecule has 1 aliphatic rings. The number of likely N-dealkylation sites (N-methyl/N-ethyl adjacent to an activating group) is 1. The van der Waals surface area contributed by atoms with E-state index in [0.717, 1.165) is 4.47 Å². The van der Waals surface area contributed by atoms with Crippen molar-refractivity contribution in [3.8, 4) is 0 Å². The highest BCUT2D eigenvalue weighted by atomic mass is 79.9. The Kier molecular flexibility index (Phi) is 6.66. The van der Waals surface area contributed by atoms with E-state index in [1.807, 2.05) is 37.3 Å². The molecule has 8 heteroatoms. The lowest BCUT2D eigenvalue weighted by Crippen LogP contribution is -2.45. The van der Waals surface area contributed by atoms with Gasteiger partial charge in [0.2, 0.25) is 17.7 Å². The Morgan fingerprint density at radius 3 is 2.59 bits per heavy atom. The number of carbonyl (C=O) groups is 3. The zero-order valence-electron chi connectivity index (χ0n) is 16.3. The van der Waals surface area contributed by atoms with Gasteiger partial charge in [0.05, 0.1) is 24.5 Å². The second-order valence-electron chi connectivity index (χ2n) is 7.11. The van der Waals surface area contributed by atoms with Gasteiger partial charge in [-0.15, -0.1) is 0 Å². The maximum Gasteiger partial charge on any atom is 0.241 e. The first-order valence-corrected chi connectivity index (χ1v) is 10.1.